The van der Waals surface area contributed by atoms with Crippen molar-refractivity contribution in [2.24, 2.45) is 11.7 Å². The van der Waals surface area contributed by atoms with E-state index in [0.29, 0.717) is 13.0 Å². The van der Waals surface area contributed by atoms with E-state index < -0.39 is 0 Å². The lowest BCUT2D eigenvalue weighted by Gasteiger charge is -2.09. The Morgan fingerprint density at radius 2 is 2.29 bits per heavy atom. The van der Waals surface area contributed by atoms with Gasteiger partial charge in [0.05, 0.1) is 0 Å². The Kier molecular flexibility index (Phi) is 6.08. The molecule has 4 heteroatoms. The highest BCUT2D eigenvalue weighted by atomic mass is 35.5. The topological polar surface area (TPSA) is 56.0 Å². The third-order valence-electron chi connectivity index (χ3n) is 2.04. The Labute approximate surface area is 90.1 Å². The van der Waals surface area contributed by atoms with Crippen LogP contribution in [0, 0.1) is 5.92 Å². The van der Waals surface area contributed by atoms with Crippen molar-refractivity contribution >= 4 is 18.2 Å². The zero-order valence-corrected chi connectivity index (χ0v) is 8.96. The number of Topliss-reactive ketones (excluding diaryl/α,β-unsaturated/α-hetero) is 1. The molecule has 0 saturated heterocycles. The maximum atomic E-state index is 11.1. The van der Waals surface area contributed by atoms with Gasteiger partial charge in [0.2, 0.25) is 0 Å². The van der Waals surface area contributed by atoms with Gasteiger partial charge in [-0.3, -0.25) is 9.78 Å². The summed E-state index contributed by atoms with van der Waals surface area (Å²) in [7, 11) is 0. The minimum atomic E-state index is -0.0881. The molecule has 0 bridgehead atoms. The number of nitrogens with zero attached hydrogens (tertiary/aromatic N) is 1. The van der Waals surface area contributed by atoms with E-state index in [1.54, 1.807) is 13.1 Å². The molecule has 0 saturated carbocycles. The van der Waals surface area contributed by atoms with Crippen molar-refractivity contribution in [2.45, 2.75) is 13.3 Å². The highest BCUT2D eigenvalue weighted by Gasteiger charge is 2.12. The molecule has 0 fully saturated rings. The van der Waals surface area contributed by atoms with Crippen LogP contribution >= 0.6 is 12.4 Å². The lowest BCUT2D eigenvalue weighted by molar-refractivity contribution is -0.120. The highest BCUT2D eigenvalue weighted by molar-refractivity contribution is 5.85. The van der Waals surface area contributed by atoms with Crippen LogP contribution in [0.15, 0.2) is 24.4 Å². The van der Waals surface area contributed by atoms with Crippen LogP contribution in [0.4, 0.5) is 0 Å². The molecule has 0 radical (unpaired) electrons. The van der Waals surface area contributed by atoms with Gasteiger partial charge >= 0.3 is 0 Å². The second-order valence-electron chi connectivity index (χ2n) is 3.07. The normalized spacial score (nSPS) is 11.6. The van der Waals surface area contributed by atoms with E-state index in [-0.39, 0.29) is 24.1 Å². The van der Waals surface area contributed by atoms with Gasteiger partial charge in [0.25, 0.3) is 0 Å². The number of carbonyl (C=O) groups excluding carboxylic acids is 1. The van der Waals surface area contributed by atoms with E-state index in [4.69, 9.17) is 5.73 Å². The Morgan fingerprint density at radius 3 is 2.71 bits per heavy atom. The number of rotatable bonds is 4. The van der Waals surface area contributed by atoms with Gasteiger partial charge in [-0.2, -0.15) is 0 Å². The Balaban J connectivity index is 0.00000169. The molecule has 14 heavy (non-hydrogen) atoms. The maximum Gasteiger partial charge on any atom is 0.134 e. The third-order valence-corrected chi connectivity index (χ3v) is 2.04. The van der Waals surface area contributed by atoms with Crippen LogP contribution in [-0.4, -0.2) is 17.3 Å². The van der Waals surface area contributed by atoms with Crippen LogP contribution < -0.4 is 5.73 Å². The minimum absolute atomic E-state index is 0. The van der Waals surface area contributed by atoms with E-state index in [2.05, 4.69) is 4.98 Å². The van der Waals surface area contributed by atoms with Crippen molar-refractivity contribution in [1.82, 2.24) is 4.98 Å². The fourth-order valence-corrected chi connectivity index (χ4v) is 1.16. The molecule has 0 aliphatic rings. The van der Waals surface area contributed by atoms with Crippen molar-refractivity contribution in [3.8, 4) is 0 Å². The average molecular weight is 215 g/mol. The summed E-state index contributed by atoms with van der Waals surface area (Å²) in [6, 6.07) is 5.68. The van der Waals surface area contributed by atoms with Crippen molar-refractivity contribution < 1.29 is 4.79 Å². The van der Waals surface area contributed by atoms with E-state index in [0.717, 1.165) is 5.69 Å². The van der Waals surface area contributed by atoms with Gasteiger partial charge in [0, 0.05) is 30.8 Å². The average Bonchev–Trinajstić information content (AvgIpc) is 2.15. The number of hydrogen-bond donors (Lipinski definition) is 1. The van der Waals surface area contributed by atoms with Crippen LogP contribution in [-0.2, 0) is 11.2 Å². The van der Waals surface area contributed by atoms with Crippen molar-refractivity contribution in [2.75, 3.05) is 6.54 Å². The minimum Gasteiger partial charge on any atom is -0.330 e. The number of ketones is 1. The van der Waals surface area contributed by atoms with Gasteiger partial charge in [-0.05, 0) is 19.1 Å². The summed E-state index contributed by atoms with van der Waals surface area (Å²) in [5, 5.41) is 0. The highest BCUT2D eigenvalue weighted by Crippen LogP contribution is 2.05. The van der Waals surface area contributed by atoms with Crippen molar-refractivity contribution in [1.29, 1.82) is 0 Å². The van der Waals surface area contributed by atoms with Crippen molar-refractivity contribution in [3.05, 3.63) is 30.1 Å². The molecule has 0 spiro atoms. The summed E-state index contributed by atoms with van der Waals surface area (Å²) >= 11 is 0. The predicted octanol–water partition coefficient (Wildman–Crippen LogP) is 1.21. The summed E-state index contributed by atoms with van der Waals surface area (Å²) in [6.45, 7) is 1.96. The third kappa shape index (κ3) is 3.85. The summed E-state index contributed by atoms with van der Waals surface area (Å²) in [5.41, 5.74) is 6.40. The lowest BCUT2D eigenvalue weighted by atomic mass is 9.99. The van der Waals surface area contributed by atoms with Crippen LogP contribution in [0.25, 0.3) is 0 Å². The number of aromatic nitrogens is 1. The van der Waals surface area contributed by atoms with Crippen molar-refractivity contribution in [3.63, 3.8) is 0 Å². The molecule has 1 aromatic heterocycles. The van der Waals surface area contributed by atoms with Gasteiger partial charge in [-0.1, -0.05) is 6.07 Å². The number of halogens is 1. The van der Waals surface area contributed by atoms with Gasteiger partial charge < -0.3 is 5.73 Å². The first-order valence-electron chi connectivity index (χ1n) is 4.34. The van der Waals surface area contributed by atoms with Gasteiger partial charge in [0.15, 0.2) is 0 Å². The van der Waals surface area contributed by atoms with Crippen LogP contribution in [0.2, 0.25) is 0 Å². The zero-order chi connectivity index (χ0) is 9.68. The first-order valence-corrected chi connectivity index (χ1v) is 4.34. The SMILES string of the molecule is CC(=O)C(CN)Cc1ccccn1.Cl. The van der Waals surface area contributed by atoms with Crippen LogP contribution in [0.3, 0.4) is 0 Å². The number of carbonyl (C=O) groups is 1. The molecule has 78 valence electrons. The summed E-state index contributed by atoms with van der Waals surface area (Å²) < 4.78 is 0. The molecule has 1 unspecified atom stereocenters. The monoisotopic (exact) mass is 214 g/mol. The Hall–Kier alpha value is -0.930. The summed E-state index contributed by atoms with van der Waals surface area (Å²) in [4.78, 5) is 15.2. The number of hydrogen-bond acceptors (Lipinski definition) is 3. The summed E-state index contributed by atoms with van der Waals surface area (Å²) in [6.07, 6.45) is 2.37. The molecule has 0 aromatic carbocycles. The second kappa shape index (κ2) is 6.51. The summed E-state index contributed by atoms with van der Waals surface area (Å²) in [5.74, 6) is 0.0445. The number of nitrogens with two attached hydrogens (primary N) is 1. The Morgan fingerprint density at radius 1 is 1.57 bits per heavy atom. The van der Waals surface area contributed by atoms with Gasteiger partial charge in [0.1, 0.15) is 5.78 Å². The lowest BCUT2D eigenvalue weighted by Crippen LogP contribution is -2.23. The molecule has 1 aromatic rings. The first-order chi connectivity index (χ1) is 6.24. The maximum absolute atomic E-state index is 11.1. The van der Waals surface area contributed by atoms with Crippen LogP contribution in [0.5, 0.6) is 0 Å². The predicted molar refractivity (Wildman–Crippen MR) is 58.4 cm³/mol. The smallest absolute Gasteiger partial charge is 0.134 e. The zero-order valence-electron chi connectivity index (χ0n) is 8.14. The van der Waals surface area contributed by atoms with Gasteiger partial charge in [-0.25, -0.2) is 0 Å². The Bertz CT molecular complexity index is 277. The first kappa shape index (κ1) is 13.1. The van der Waals surface area contributed by atoms with Crippen LogP contribution in [0.1, 0.15) is 12.6 Å². The fraction of sp³-hybridized carbons (Fsp3) is 0.400. The van der Waals surface area contributed by atoms with Gasteiger partial charge in [-0.15, -0.1) is 12.4 Å². The molecule has 3 nitrogen and oxygen atoms in total. The van der Waals surface area contributed by atoms with E-state index in [1.807, 2.05) is 18.2 Å². The molecular weight excluding hydrogens is 200 g/mol. The number of pyridine rings is 1. The molecule has 0 aliphatic carbocycles. The largest absolute Gasteiger partial charge is 0.330 e. The molecular formula is C10H15ClN2O. The molecule has 1 atom stereocenters. The van der Waals surface area contributed by atoms with E-state index >= 15 is 0 Å². The molecule has 1 rings (SSSR count). The standard InChI is InChI=1S/C10H14N2O.ClH/c1-8(13)9(7-11)6-10-4-2-3-5-12-10;/h2-5,9H,6-7,11H2,1H3;1H. The van der Waals surface area contributed by atoms with E-state index in [9.17, 15) is 4.79 Å². The quantitative estimate of drug-likeness (QED) is 0.820. The molecule has 0 amide bonds. The molecule has 0 aliphatic heterocycles. The molecule has 1 heterocycles. The second-order valence-corrected chi connectivity index (χ2v) is 3.07. The van der Waals surface area contributed by atoms with E-state index in [1.165, 1.54) is 0 Å². The fourth-order valence-electron chi connectivity index (χ4n) is 1.16. The molecule has 2 N–H and O–H groups in total.